The topological polar surface area (TPSA) is 23.5 Å². The summed E-state index contributed by atoms with van der Waals surface area (Å²) >= 11 is 0. The average molecular weight is 251 g/mol. The molecule has 0 radical (unpaired) electrons. The Morgan fingerprint density at radius 1 is 1.00 bits per heavy atom. The Hall–Kier alpha value is -2.24. The fourth-order valence-corrected chi connectivity index (χ4v) is 1.94. The van der Waals surface area contributed by atoms with Crippen LogP contribution < -0.4 is 4.90 Å². The zero-order valence-corrected chi connectivity index (χ0v) is 11.0. The molecule has 2 aromatic rings. The van der Waals surface area contributed by atoms with E-state index in [2.05, 4.69) is 42.0 Å². The number of rotatable bonds is 3. The van der Waals surface area contributed by atoms with Crippen molar-refractivity contribution in [3.63, 3.8) is 0 Å². The summed E-state index contributed by atoms with van der Waals surface area (Å²) in [6.45, 7) is 0.684. The fraction of sp³-hybridized carbons (Fsp3) is 0.176. The quantitative estimate of drug-likeness (QED) is 0.848. The maximum atomic E-state index is 8.79. The lowest BCUT2D eigenvalue weighted by molar-refractivity contribution is 0.350. The van der Waals surface area contributed by atoms with E-state index in [0.717, 1.165) is 17.7 Å². The van der Waals surface area contributed by atoms with Crippen molar-refractivity contribution in [2.24, 2.45) is 0 Å². The van der Waals surface area contributed by atoms with Crippen LogP contribution in [0.1, 0.15) is 11.1 Å². The minimum Gasteiger partial charge on any atom is -0.384 e. The molecule has 19 heavy (non-hydrogen) atoms. The number of para-hydroxylation sites is 1. The molecule has 0 aliphatic rings. The van der Waals surface area contributed by atoms with Crippen molar-refractivity contribution in [3.05, 3.63) is 65.7 Å². The van der Waals surface area contributed by atoms with Crippen LogP contribution in [0, 0.1) is 11.8 Å². The molecule has 2 aromatic carbocycles. The number of aliphatic hydroxyl groups is 1. The van der Waals surface area contributed by atoms with Crippen LogP contribution in [0.3, 0.4) is 0 Å². The van der Waals surface area contributed by atoms with Crippen LogP contribution in [0.15, 0.2) is 54.6 Å². The van der Waals surface area contributed by atoms with Crippen LogP contribution in [0.4, 0.5) is 5.69 Å². The van der Waals surface area contributed by atoms with Gasteiger partial charge in [-0.1, -0.05) is 48.2 Å². The maximum absolute atomic E-state index is 8.79. The van der Waals surface area contributed by atoms with Gasteiger partial charge in [-0.25, -0.2) is 0 Å². The second-order valence-corrected chi connectivity index (χ2v) is 4.31. The minimum absolute atomic E-state index is 0.108. The number of aliphatic hydroxyl groups excluding tert-OH is 1. The van der Waals surface area contributed by atoms with Crippen LogP contribution in [-0.2, 0) is 6.54 Å². The van der Waals surface area contributed by atoms with Gasteiger partial charge in [-0.2, -0.15) is 0 Å². The van der Waals surface area contributed by atoms with Gasteiger partial charge in [0.1, 0.15) is 6.61 Å². The summed E-state index contributed by atoms with van der Waals surface area (Å²) in [6, 6.07) is 18.3. The first-order valence-electron chi connectivity index (χ1n) is 6.25. The summed E-state index contributed by atoms with van der Waals surface area (Å²) in [7, 11) is 2.06. The van der Waals surface area contributed by atoms with E-state index in [9.17, 15) is 0 Å². The van der Waals surface area contributed by atoms with E-state index in [0.29, 0.717) is 0 Å². The number of benzene rings is 2. The van der Waals surface area contributed by atoms with Crippen molar-refractivity contribution in [2.45, 2.75) is 6.54 Å². The van der Waals surface area contributed by atoms with Crippen molar-refractivity contribution in [2.75, 3.05) is 18.6 Å². The van der Waals surface area contributed by atoms with E-state index >= 15 is 0 Å². The van der Waals surface area contributed by atoms with Gasteiger partial charge >= 0.3 is 0 Å². The molecule has 0 amide bonds. The Balaban J connectivity index is 2.19. The van der Waals surface area contributed by atoms with E-state index in [4.69, 9.17) is 5.11 Å². The van der Waals surface area contributed by atoms with E-state index in [1.54, 1.807) is 0 Å². The van der Waals surface area contributed by atoms with Gasteiger partial charge in [-0.3, -0.25) is 0 Å². The maximum Gasteiger partial charge on any atom is 0.104 e. The van der Waals surface area contributed by atoms with Gasteiger partial charge in [0, 0.05) is 24.8 Å². The van der Waals surface area contributed by atoms with Crippen LogP contribution in [0.5, 0.6) is 0 Å². The summed E-state index contributed by atoms with van der Waals surface area (Å²) in [5.41, 5.74) is 3.31. The van der Waals surface area contributed by atoms with Crippen molar-refractivity contribution < 1.29 is 5.11 Å². The lowest BCUT2D eigenvalue weighted by atomic mass is 10.1. The smallest absolute Gasteiger partial charge is 0.104 e. The molecule has 0 saturated heterocycles. The van der Waals surface area contributed by atoms with Crippen molar-refractivity contribution in [3.8, 4) is 11.8 Å². The Morgan fingerprint density at radius 2 is 1.68 bits per heavy atom. The van der Waals surface area contributed by atoms with Gasteiger partial charge in [0.2, 0.25) is 0 Å². The number of anilines is 1. The molecular formula is C17H17NO. The molecule has 0 aliphatic heterocycles. The highest BCUT2D eigenvalue weighted by Crippen LogP contribution is 2.16. The van der Waals surface area contributed by atoms with Gasteiger partial charge in [0.25, 0.3) is 0 Å². The van der Waals surface area contributed by atoms with Gasteiger partial charge in [-0.15, -0.1) is 0 Å². The largest absolute Gasteiger partial charge is 0.384 e. The normalized spacial score (nSPS) is 9.58. The van der Waals surface area contributed by atoms with Crippen LogP contribution in [-0.4, -0.2) is 18.8 Å². The molecule has 0 unspecified atom stereocenters. The summed E-state index contributed by atoms with van der Waals surface area (Å²) in [5, 5.41) is 8.79. The lowest BCUT2D eigenvalue weighted by Crippen LogP contribution is -2.16. The molecule has 2 nitrogen and oxygen atoms in total. The molecule has 1 N–H and O–H groups in total. The molecule has 0 fully saturated rings. The van der Waals surface area contributed by atoms with Gasteiger partial charge in [-0.05, 0) is 23.8 Å². The number of hydrogen-bond acceptors (Lipinski definition) is 2. The minimum atomic E-state index is -0.108. The molecule has 96 valence electrons. The Kier molecular flexibility index (Phi) is 4.60. The van der Waals surface area contributed by atoms with E-state index in [-0.39, 0.29) is 6.61 Å². The van der Waals surface area contributed by atoms with Crippen LogP contribution >= 0.6 is 0 Å². The molecule has 2 heteroatoms. The molecule has 0 bridgehead atoms. The summed E-state index contributed by atoms with van der Waals surface area (Å²) < 4.78 is 0. The third-order valence-electron chi connectivity index (χ3n) is 2.92. The second-order valence-electron chi connectivity index (χ2n) is 4.31. The Bertz CT molecular complexity index is 581. The first kappa shape index (κ1) is 13.2. The molecule has 0 atom stereocenters. The molecule has 0 heterocycles. The summed E-state index contributed by atoms with van der Waals surface area (Å²) in [6.07, 6.45) is 0. The molecule has 0 aromatic heterocycles. The highest BCUT2D eigenvalue weighted by atomic mass is 16.2. The second kappa shape index (κ2) is 6.63. The van der Waals surface area contributed by atoms with Gasteiger partial charge in [0.05, 0.1) is 0 Å². The summed E-state index contributed by atoms with van der Waals surface area (Å²) in [4.78, 5) is 2.18. The molecule has 2 rings (SSSR count). The number of nitrogens with zero attached hydrogens (tertiary/aromatic N) is 1. The zero-order valence-electron chi connectivity index (χ0n) is 11.0. The Morgan fingerprint density at radius 3 is 2.42 bits per heavy atom. The molecule has 0 spiro atoms. The highest BCUT2D eigenvalue weighted by Gasteiger charge is 2.04. The first-order valence-corrected chi connectivity index (χ1v) is 6.25. The predicted molar refractivity (Wildman–Crippen MR) is 79.0 cm³/mol. The van der Waals surface area contributed by atoms with Crippen LogP contribution in [0.2, 0.25) is 0 Å². The van der Waals surface area contributed by atoms with Gasteiger partial charge < -0.3 is 10.0 Å². The van der Waals surface area contributed by atoms with E-state index in [1.807, 2.05) is 36.4 Å². The van der Waals surface area contributed by atoms with Crippen molar-refractivity contribution in [1.29, 1.82) is 0 Å². The van der Waals surface area contributed by atoms with Crippen LogP contribution in [0.25, 0.3) is 0 Å². The lowest BCUT2D eigenvalue weighted by Gasteiger charge is -2.20. The highest BCUT2D eigenvalue weighted by molar-refractivity contribution is 5.48. The molecular weight excluding hydrogens is 234 g/mol. The number of hydrogen-bond donors (Lipinski definition) is 1. The van der Waals surface area contributed by atoms with Gasteiger partial charge in [0.15, 0.2) is 0 Å². The molecule has 0 aliphatic carbocycles. The SMILES string of the molecule is CN(Cc1ccccc1C#CCO)c1ccccc1. The third kappa shape index (κ3) is 3.61. The van der Waals surface area contributed by atoms with E-state index < -0.39 is 0 Å². The van der Waals surface area contributed by atoms with Crippen molar-refractivity contribution in [1.82, 2.24) is 0 Å². The third-order valence-corrected chi connectivity index (χ3v) is 2.92. The fourth-order valence-electron chi connectivity index (χ4n) is 1.94. The average Bonchev–Trinajstić information content (AvgIpc) is 2.47. The van der Waals surface area contributed by atoms with E-state index in [1.165, 1.54) is 5.69 Å². The predicted octanol–water partition coefficient (Wildman–Crippen LogP) is 2.67. The Labute approximate surface area is 114 Å². The zero-order chi connectivity index (χ0) is 13.5. The molecule has 0 saturated carbocycles. The standard InChI is InChI=1S/C17H17NO/c1-18(17-11-3-2-4-12-17)14-16-9-6-5-8-15(16)10-7-13-19/h2-6,8-9,11-12,19H,13-14H2,1H3. The monoisotopic (exact) mass is 251 g/mol. The first-order chi connectivity index (χ1) is 9.31. The van der Waals surface area contributed by atoms with Crippen molar-refractivity contribution >= 4 is 5.69 Å². The summed E-state index contributed by atoms with van der Waals surface area (Å²) in [5.74, 6) is 5.70.